The van der Waals surface area contributed by atoms with Crippen LogP contribution in [0.1, 0.15) is 33.6 Å². The quantitative estimate of drug-likeness (QED) is 0.633. The molecule has 0 spiro atoms. The second-order valence-electron chi connectivity index (χ2n) is 3.19. The van der Waals surface area contributed by atoms with Crippen molar-refractivity contribution in [3.63, 3.8) is 0 Å². The lowest BCUT2D eigenvalue weighted by atomic mass is 10.0. The predicted molar refractivity (Wildman–Crippen MR) is 45.4 cm³/mol. The van der Waals surface area contributed by atoms with Crippen LogP contribution in [0, 0.1) is 5.92 Å². The van der Waals surface area contributed by atoms with Gasteiger partial charge in [-0.1, -0.05) is 13.8 Å². The molecule has 0 aromatic heterocycles. The molecule has 1 nitrogen and oxygen atoms in total. The summed E-state index contributed by atoms with van der Waals surface area (Å²) in [7, 11) is 0. The summed E-state index contributed by atoms with van der Waals surface area (Å²) in [5.41, 5.74) is 0. The first-order chi connectivity index (χ1) is 4.54. The fourth-order valence-corrected chi connectivity index (χ4v) is 0.860. The molecule has 0 bridgehead atoms. The highest BCUT2D eigenvalue weighted by atomic mass is 35.5. The summed E-state index contributed by atoms with van der Waals surface area (Å²) in [6.07, 6.45) is 1.52. The second-order valence-corrected chi connectivity index (χ2v) is 3.75. The van der Waals surface area contributed by atoms with Gasteiger partial charge in [0.25, 0.3) is 0 Å². The van der Waals surface area contributed by atoms with Crippen LogP contribution in [0.2, 0.25) is 0 Å². The minimum Gasteiger partial charge on any atom is -0.393 e. The molecule has 2 unspecified atom stereocenters. The molecular weight excluding hydrogens is 148 g/mol. The van der Waals surface area contributed by atoms with Crippen LogP contribution in [0.25, 0.3) is 0 Å². The summed E-state index contributed by atoms with van der Waals surface area (Å²) >= 11 is 5.95. The van der Waals surface area contributed by atoms with Crippen molar-refractivity contribution < 1.29 is 5.11 Å². The van der Waals surface area contributed by atoms with E-state index in [1.165, 1.54) is 0 Å². The Balaban J connectivity index is 3.30. The smallest absolute Gasteiger partial charge is 0.0512 e. The van der Waals surface area contributed by atoms with Crippen molar-refractivity contribution in [1.29, 1.82) is 0 Å². The molecule has 0 aliphatic rings. The minimum absolute atomic E-state index is 0.208. The summed E-state index contributed by atoms with van der Waals surface area (Å²) in [5, 5.41) is 9.14. The van der Waals surface area contributed by atoms with Crippen molar-refractivity contribution in [2.24, 2.45) is 5.92 Å². The van der Waals surface area contributed by atoms with Crippen molar-refractivity contribution in [2.45, 2.75) is 45.1 Å². The molecule has 0 fully saturated rings. The second kappa shape index (κ2) is 4.97. The van der Waals surface area contributed by atoms with Gasteiger partial charge < -0.3 is 5.11 Å². The molecule has 0 aromatic carbocycles. The Morgan fingerprint density at radius 2 is 1.70 bits per heavy atom. The van der Waals surface area contributed by atoms with E-state index in [2.05, 4.69) is 13.8 Å². The summed E-state index contributed by atoms with van der Waals surface area (Å²) in [6.45, 7) is 5.99. The molecule has 0 aliphatic carbocycles. The van der Waals surface area contributed by atoms with Gasteiger partial charge in [0.1, 0.15) is 0 Å². The average molecular weight is 165 g/mol. The van der Waals surface area contributed by atoms with Crippen LogP contribution < -0.4 is 0 Å². The first-order valence-electron chi connectivity index (χ1n) is 3.86. The van der Waals surface area contributed by atoms with Gasteiger partial charge >= 0.3 is 0 Å². The molecular formula is C8H17ClO. The zero-order valence-electron chi connectivity index (χ0n) is 6.97. The number of hydrogen-bond acceptors (Lipinski definition) is 1. The lowest BCUT2D eigenvalue weighted by Gasteiger charge is -2.13. The van der Waals surface area contributed by atoms with Crippen molar-refractivity contribution in [3.8, 4) is 0 Å². The van der Waals surface area contributed by atoms with Crippen LogP contribution in [-0.4, -0.2) is 16.6 Å². The van der Waals surface area contributed by atoms with Crippen LogP contribution >= 0.6 is 11.6 Å². The predicted octanol–water partition coefficient (Wildman–Crippen LogP) is 2.41. The number of alkyl halides is 1. The monoisotopic (exact) mass is 164 g/mol. The van der Waals surface area contributed by atoms with Crippen LogP contribution in [0.4, 0.5) is 0 Å². The van der Waals surface area contributed by atoms with Gasteiger partial charge in [-0.15, -0.1) is 11.6 Å². The molecule has 2 atom stereocenters. The summed E-state index contributed by atoms with van der Waals surface area (Å²) in [4.78, 5) is 0. The van der Waals surface area contributed by atoms with Crippen LogP contribution in [0.3, 0.4) is 0 Å². The number of halogens is 1. The maximum atomic E-state index is 8.92. The van der Waals surface area contributed by atoms with E-state index in [0.717, 1.165) is 12.8 Å². The van der Waals surface area contributed by atoms with Crippen molar-refractivity contribution in [3.05, 3.63) is 0 Å². The fraction of sp³-hybridized carbons (Fsp3) is 1.00. The average Bonchev–Trinajstić information content (AvgIpc) is 1.82. The Bertz CT molecular complexity index is 81.3. The molecule has 0 saturated heterocycles. The van der Waals surface area contributed by atoms with Gasteiger partial charge in [0.2, 0.25) is 0 Å². The molecule has 0 aliphatic heterocycles. The Hall–Kier alpha value is 0.250. The van der Waals surface area contributed by atoms with Gasteiger partial charge in [-0.05, 0) is 25.7 Å². The zero-order chi connectivity index (χ0) is 8.15. The number of hydrogen-bond donors (Lipinski definition) is 1. The SMILES string of the molecule is CC(O)CCC(Cl)C(C)C. The van der Waals surface area contributed by atoms with Gasteiger partial charge in [-0.3, -0.25) is 0 Å². The summed E-state index contributed by atoms with van der Waals surface area (Å²) in [5.74, 6) is 0.514. The summed E-state index contributed by atoms with van der Waals surface area (Å²) < 4.78 is 0. The van der Waals surface area contributed by atoms with Crippen molar-refractivity contribution in [1.82, 2.24) is 0 Å². The van der Waals surface area contributed by atoms with E-state index in [4.69, 9.17) is 16.7 Å². The summed E-state index contributed by atoms with van der Waals surface area (Å²) in [6, 6.07) is 0. The van der Waals surface area contributed by atoms with E-state index in [0.29, 0.717) is 5.92 Å². The first kappa shape index (κ1) is 10.2. The molecule has 0 amide bonds. The molecule has 0 radical (unpaired) electrons. The van der Waals surface area contributed by atoms with Crippen LogP contribution in [0.15, 0.2) is 0 Å². The zero-order valence-corrected chi connectivity index (χ0v) is 7.73. The molecule has 62 valence electrons. The van der Waals surface area contributed by atoms with Crippen LogP contribution in [-0.2, 0) is 0 Å². The Labute approximate surface area is 68.4 Å². The van der Waals surface area contributed by atoms with Gasteiger partial charge in [0.05, 0.1) is 6.10 Å². The topological polar surface area (TPSA) is 20.2 Å². The number of rotatable bonds is 4. The van der Waals surface area contributed by atoms with Gasteiger partial charge in [0, 0.05) is 5.38 Å². The van der Waals surface area contributed by atoms with Gasteiger partial charge in [-0.2, -0.15) is 0 Å². The molecule has 0 aromatic rings. The lowest BCUT2D eigenvalue weighted by molar-refractivity contribution is 0.179. The van der Waals surface area contributed by atoms with E-state index >= 15 is 0 Å². The van der Waals surface area contributed by atoms with Crippen molar-refractivity contribution >= 4 is 11.6 Å². The van der Waals surface area contributed by atoms with E-state index in [9.17, 15) is 0 Å². The van der Waals surface area contributed by atoms with E-state index in [1.54, 1.807) is 6.92 Å². The molecule has 0 saturated carbocycles. The first-order valence-corrected chi connectivity index (χ1v) is 4.29. The third-order valence-electron chi connectivity index (χ3n) is 1.58. The highest BCUT2D eigenvalue weighted by Gasteiger charge is 2.09. The van der Waals surface area contributed by atoms with E-state index < -0.39 is 0 Å². The molecule has 1 N–H and O–H groups in total. The third-order valence-corrected chi connectivity index (χ3v) is 2.31. The maximum Gasteiger partial charge on any atom is 0.0512 e. The fourth-order valence-electron chi connectivity index (χ4n) is 0.734. The normalized spacial score (nSPS) is 17.4. The van der Waals surface area contributed by atoms with Crippen molar-refractivity contribution in [2.75, 3.05) is 0 Å². The third kappa shape index (κ3) is 5.07. The minimum atomic E-state index is -0.208. The molecule has 2 heteroatoms. The van der Waals surface area contributed by atoms with Gasteiger partial charge in [-0.25, -0.2) is 0 Å². The Morgan fingerprint density at radius 1 is 1.20 bits per heavy atom. The van der Waals surface area contributed by atoms with E-state index in [1.807, 2.05) is 0 Å². The lowest BCUT2D eigenvalue weighted by Crippen LogP contribution is -2.11. The largest absolute Gasteiger partial charge is 0.393 e. The van der Waals surface area contributed by atoms with E-state index in [-0.39, 0.29) is 11.5 Å². The van der Waals surface area contributed by atoms with Gasteiger partial charge in [0.15, 0.2) is 0 Å². The molecule has 0 heterocycles. The molecule has 10 heavy (non-hydrogen) atoms. The highest BCUT2D eigenvalue weighted by molar-refractivity contribution is 6.20. The highest BCUT2D eigenvalue weighted by Crippen LogP contribution is 2.16. The standard InChI is InChI=1S/C8H17ClO/c1-6(2)8(9)5-4-7(3)10/h6-8,10H,4-5H2,1-3H3. The van der Waals surface area contributed by atoms with Crippen LogP contribution in [0.5, 0.6) is 0 Å². The number of aliphatic hydroxyl groups is 1. The molecule has 0 rings (SSSR count). The Morgan fingerprint density at radius 3 is 2.00 bits per heavy atom. The number of aliphatic hydroxyl groups excluding tert-OH is 1. The maximum absolute atomic E-state index is 8.92. The Kier molecular flexibility index (Phi) is 5.10.